The van der Waals surface area contributed by atoms with Crippen molar-refractivity contribution in [2.45, 2.75) is 16.6 Å². The molecule has 1 unspecified atom stereocenters. The predicted octanol–water partition coefficient (Wildman–Crippen LogP) is 6.18. The maximum atomic E-state index is 13.2. The highest BCUT2D eigenvalue weighted by atomic mass is 35.5. The summed E-state index contributed by atoms with van der Waals surface area (Å²) >= 11 is 13.7. The molecule has 2 N–H and O–H groups in total. The van der Waals surface area contributed by atoms with Crippen LogP contribution in [0, 0.1) is 11.3 Å². The predicted molar refractivity (Wildman–Crippen MR) is 152 cm³/mol. The number of hydrogen-bond acceptors (Lipinski definition) is 8. The molecule has 1 atom stereocenters. The zero-order valence-electron chi connectivity index (χ0n) is 21.0. The highest BCUT2D eigenvalue weighted by Gasteiger charge is 2.42. The number of nitrogens with zero attached hydrogens (tertiary/aromatic N) is 2. The maximum absolute atomic E-state index is 13.2. The number of nitrogens with two attached hydrogens (primary N) is 1. The minimum Gasteiger partial charge on any atom is -0.466 e. The molecule has 1 heterocycles. The summed E-state index contributed by atoms with van der Waals surface area (Å²) in [6, 6.07) is 23.7. The number of esters is 2. The van der Waals surface area contributed by atoms with E-state index in [1.807, 2.05) is 30.3 Å². The van der Waals surface area contributed by atoms with Crippen molar-refractivity contribution in [1.82, 2.24) is 0 Å². The van der Waals surface area contributed by atoms with Crippen LogP contribution in [0.25, 0.3) is 0 Å². The Bertz CT molecular complexity index is 1520. The van der Waals surface area contributed by atoms with E-state index in [4.69, 9.17) is 38.4 Å². The van der Waals surface area contributed by atoms with Gasteiger partial charge in [0.25, 0.3) is 0 Å². The second-order valence-corrected chi connectivity index (χ2v) is 10.2. The van der Waals surface area contributed by atoms with Crippen molar-refractivity contribution in [2.75, 3.05) is 19.1 Å². The fourth-order valence-corrected chi connectivity index (χ4v) is 5.43. The number of carbonyl (C=O) groups excluding carboxylic acids is 2. The van der Waals surface area contributed by atoms with Crippen LogP contribution in [0.5, 0.6) is 0 Å². The number of carbonyl (C=O) groups is 2. The van der Waals surface area contributed by atoms with E-state index in [-0.39, 0.29) is 22.7 Å². The molecule has 10 heteroatoms. The van der Waals surface area contributed by atoms with Gasteiger partial charge in [-0.1, -0.05) is 59.6 Å². The summed E-state index contributed by atoms with van der Waals surface area (Å²) < 4.78 is 10.1. The number of benzene rings is 3. The maximum Gasteiger partial charge on any atom is 0.355 e. The van der Waals surface area contributed by atoms with E-state index in [2.05, 4.69) is 6.07 Å². The number of ether oxygens (including phenoxy) is 2. The first-order chi connectivity index (χ1) is 18.8. The minimum atomic E-state index is -0.921. The highest BCUT2D eigenvalue weighted by molar-refractivity contribution is 7.98. The Labute approximate surface area is 240 Å². The third kappa shape index (κ3) is 5.76. The van der Waals surface area contributed by atoms with Crippen LogP contribution in [0.4, 0.5) is 5.69 Å². The van der Waals surface area contributed by atoms with Crippen molar-refractivity contribution in [1.29, 1.82) is 5.26 Å². The Morgan fingerprint density at radius 3 is 2.23 bits per heavy atom. The molecule has 39 heavy (non-hydrogen) atoms. The molecule has 0 aliphatic carbocycles. The summed E-state index contributed by atoms with van der Waals surface area (Å²) in [6.07, 6.45) is 0. The van der Waals surface area contributed by atoms with Crippen molar-refractivity contribution in [3.8, 4) is 6.07 Å². The first-order valence-electron chi connectivity index (χ1n) is 11.6. The molecular weight excluding hydrogens is 557 g/mol. The van der Waals surface area contributed by atoms with Gasteiger partial charge in [-0.05, 0) is 47.5 Å². The fraction of sp³-hybridized carbons (Fsp3) is 0.138. The minimum absolute atomic E-state index is 0.00983. The topological polar surface area (TPSA) is 106 Å². The molecule has 0 fully saturated rings. The number of halogens is 2. The molecular formula is C29H23Cl2N3O4S. The summed E-state index contributed by atoms with van der Waals surface area (Å²) in [7, 11) is 2.42. The zero-order valence-corrected chi connectivity index (χ0v) is 23.3. The zero-order chi connectivity index (χ0) is 28.1. The van der Waals surface area contributed by atoms with Gasteiger partial charge in [0, 0.05) is 16.3 Å². The number of thioether (sulfide) groups is 1. The van der Waals surface area contributed by atoms with Gasteiger partial charge < -0.3 is 15.2 Å². The quantitative estimate of drug-likeness (QED) is 0.261. The molecule has 198 valence electrons. The van der Waals surface area contributed by atoms with Crippen molar-refractivity contribution >= 4 is 52.6 Å². The fourth-order valence-electron chi connectivity index (χ4n) is 4.27. The molecule has 0 saturated carbocycles. The summed E-state index contributed by atoms with van der Waals surface area (Å²) in [5.74, 6) is -1.83. The van der Waals surface area contributed by atoms with E-state index in [0.29, 0.717) is 27.0 Å². The van der Waals surface area contributed by atoms with Crippen LogP contribution < -0.4 is 10.6 Å². The van der Waals surface area contributed by atoms with Crippen molar-refractivity contribution in [2.24, 2.45) is 5.73 Å². The van der Waals surface area contributed by atoms with Gasteiger partial charge in [-0.25, -0.2) is 9.59 Å². The summed E-state index contributed by atoms with van der Waals surface area (Å²) in [4.78, 5) is 28.6. The number of methoxy groups -OCH3 is 2. The summed E-state index contributed by atoms with van der Waals surface area (Å²) in [5, 5.41) is 11.1. The van der Waals surface area contributed by atoms with E-state index in [1.165, 1.54) is 19.1 Å². The largest absolute Gasteiger partial charge is 0.466 e. The molecule has 3 aromatic rings. The number of allylic oxidation sites excluding steroid dienone is 1. The molecule has 0 saturated heterocycles. The van der Waals surface area contributed by atoms with Crippen LogP contribution in [-0.2, 0) is 24.8 Å². The number of hydrogen-bond donors (Lipinski definition) is 1. The van der Waals surface area contributed by atoms with Crippen LogP contribution in [0.1, 0.15) is 17.0 Å². The van der Waals surface area contributed by atoms with Gasteiger partial charge in [0.05, 0.1) is 47.4 Å². The highest BCUT2D eigenvalue weighted by Crippen LogP contribution is 2.43. The third-order valence-electron chi connectivity index (χ3n) is 6.09. The van der Waals surface area contributed by atoms with E-state index in [9.17, 15) is 14.9 Å². The summed E-state index contributed by atoms with van der Waals surface area (Å²) in [6.45, 7) is 0. The first kappa shape index (κ1) is 28.1. The van der Waals surface area contributed by atoms with Crippen LogP contribution in [0.2, 0.25) is 10.0 Å². The van der Waals surface area contributed by atoms with Crippen molar-refractivity contribution < 1.29 is 19.1 Å². The van der Waals surface area contributed by atoms with Gasteiger partial charge in [0.15, 0.2) is 0 Å². The lowest BCUT2D eigenvalue weighted by Gasteiger charge is -2.35. The molecule has 0 spiro atoms. The Balaban J connectivity index is 1.77. The van der Waals surface area contributed by atoms with Crippen LogP contribution in [-0.4, -0.2) is 26.2 Å². The Kier molecular flexibility index (Phi) is 8.87. The number of rotatable bonds is 7. The monoisotopic (exact) mass is 579 g/mol. The van der Waals surface area contributed by atoms with Gasteiger partial charge >= 0.3 is 11.9 Å². The molecule has 4 rings (SSSR count). The Morgan fingerprint density at radius 2 is 1.64 bits per heavy atom. The standard InChI is InChI=1S/C29H23Cl2N3O4S/c1-37-28(35)25-24(18-6-4-3-5-7-18)21(15-32)27(33)34(26(25)29(36)38-2)19-9-11-20(12-10-19)39-16-17-8-13-22(30)23(31)14-17/h3-14,24H,16,33H2,1-2H3. The number of anilines is 1. The van der Waals surface area contributed by atoms with Gasteiger partial charge in [0.2, 0.25) is 0 Å². The van der Waals surface area contributed by atoms with E-state index < -0.39 is 17.9 Å². The van der Waals surface area contributed by atoms with Crippen molar-refractivity contribution in [3.63, 3.8) is 0 Å². The molecule has 0 radical (unpaired) electrons. The average Bonchev–Trinajstić information content (AvgIpc) is 2.97. The Hall–Kier alpha value is -3.90. The lowest BCUT2D eigenvalue weighted by atomic mass is 9.81. The molecule has 0 amide bonds. The molecule has 7 nitrogen and oxygen atoms in total. The average molecular weight is 580 g/mol. The molecule has 3 aromatic carbocycles. The van der Waals surface area contributed by atoms with E-state index >= 15 is 0 Å². The lowest BCUT2D eigenvalue weighted by Crippen LogP contribution is -2.40. The van der Waals surface area contributed by atoms with Gasteiger partial charge in [-0.3, -0.25) is 4.90 Å². The number of nitriles is 1. The molecule has 1 aliphatic heterocycles. The van der Waals surface area contributed by atoms with Crippen LogP contribution >= 0.6 is 35.0 Å². The van der Waals surface area contributed by atoms with Gasteiger partial charge in [-0.2, -0.15) is 5.26 Å². The lowest BCUT2D eigenvalue weighted by molar-refractivity contribution is -0.139. The summed E-state index contributed by atoms with van der Waals surface area (Å²) in [5.41, 5.74) is 8.56. The molecule has 0 bridgehead atoms. The van der Waals surface area contributed by atoms with Crippen LogP contribution in [0.3, 0.4) is 0 Å². The van der Waals surface area contributed by atoms with Gasteiger partial charge in [0.1, 0.15) is 11.5 Å². The molecule has 1 aliphatic rings. The normalized spacial score (nSPS) is 15.2. The van der Waals surface area contributed by atoms with E-state index in [0.717, 1.165) is 10.5 Å². The second-order valence-electron chi connectivity index (χ2n) is 8.37. The van der Waals surface area contributed by atoms with Crippen LogP contribution in [0.15, 0.2) is 100 Å². The van der Waals surface area contributed by atoms with E-state index in [1.54, 1.807) is 54.2 Å². The first-order valence-corrected chi connectivity index (χ1v) is 13.4. The SMILES string of the molecule is COC(=O)C1=C(C(=O)OC)N(c2ccc(SCc3ccc(Cl)c(Cl)c3)cc2)C(N)=C(C#N)C1c1ccccc1. The second kappa shape index (κ2) is 12.3. The van der Waals surface area contributed by atoms with Gasteiger partial charge in [-0.15, -0.1) is 11.8 Å². The molecule has 0 aromatic heterocycles. The smallest absolute Gasteiger partial charge is 0.355 e. The third-order valence-corrected chi connectivity index (χ3v) is 7.92. The van der Waals surface area contributed by atoms with Crippen molar-refractivity contribution in [3.05, 3.63) is 117 Å². The Morgan fingerprint density at radius 1 is 0.974 bits per heavy atom.